The molecule has 2 aromatic rings. The first-order chi connectivity index (χ1) is 15.6. The predicted octanol–water partition coefficient (Wildman–Crippen LogP) is 7.34. The molecule has 2 fully saturated rings. The molecule has 2 aromatic carbocycles. The third-order valence-electron chi connectivity index (χ3n) is 5.79. The molecule has 7 nitrogen and oxygen atoms in total. The van der Waals surface area contributed by atoms with Gasteiger partial charge in [0, 0.05) is 0 Å². The van der Waals surface area contributed by atoms with E-state index >= 15 is 0 Å². The van der Waals surface area contributed by atoms with Gasteiger partial charge >= 0.3 is 215 Å². The van der Waals surface area contributed by atoms with Crippen molar-refractivity contribution >= 4 is 49.5 Å². The molecule has 0 amide bonds. The first-order valence-electron chi connectivity index (χ1n) is 10.6. The minimum atomic E-state index is -5.48. The van der Waals surface area contributed by atoms with E-state index in [0.29, 0.717) is 21.2 Å². The van der Waals surface area contributed by atoms with Crippen LogP contribution in [0.1, 0.15) is 51.0 Å². The van der Waals surface area contributed by atoms with Crippen LogP contribution in [0.3, 0.4) is 0 Å². The monoisotopic (exact) mass is 570 g/mol. The van der Waals surface area contributed by atoms with Crippen molar-refractivity contribution < 1.29 is 32.2 Å². The van der Waals surface area contributed by atoms with Crippen LogP contribution in [0.25, 0.3) is 0 Å². The van der Waals surface area contributed by atoms with Crippen molar-refractivity contribution in [2.45, 2.75) is 39.9 Å². The molecule has 0 radical (unpaired) electrons. The molecule has 188 valence electrons. The van der Waals surface area contributed by atoms with Crippen molar-refractivity contribution in [3.05, 3.63) is 69.7 Å². The molecule has 4 rings (SSSR count). The number of hydrogen-bond donors (Lipinski definition) is 1. The van der Waals surface area contributed by atoms with E-state index in [-0.39, 0.29) is 13.2 Å². The second-order valence-electron chi connectivity index (χ2n) is 9.82. The fourth-order valence-corrected chi connectivity index (χ4v) is 9.99. The molecule has 1 unspecified atom stereocenters. The van der Waals surface area contributed by atoms with E-state index in [1.165, 1.54) is 0 Å². The van der Waals surface area contributed by atoms with Gasteiger partial charge in [-0.05, 0) is 0 Å². The van der Waals surface area contributed by atoms with E-state index in [1.54, 1.807) is 48.5 Å². The summed E-state index contributed by atoms with van der Waals surface area (Å²) in [6.07, 6.45) is -1.61. The van der Waals surface area contributed by atoms with Crippen LogP contribution in [0.5, 0.6) is 0 Å². The van der Waals surface area contributed by atoms with Crippen molar-refractivity contribution in [3.63, 3.8) is 0 Å². The van der Waals surface area contributed by atoms with Gasteiger partial charge in [0.15, 0.2) is 0 Å². The summed E-state index contributed by atoms with van der Waals surface area (Å²) in [5.74, 6) is 0. The fraction of sp³-hybridized carbons (Fsp3) is 0.455. The first kappa shape index (κ1) is 26.9. The van der Waals surface area contributed by atoms with Gasteiger partial charge in [0.1, 0.15) is 0 Å². The molecule has 0 aromatic heterocycles. The van der Waals surface area contributed by atoms with Crippen molar-refractivity contribution in [1.82, 2.24) is 0 Å². The van der Waals surface area contributed by atoms with Crippen LogP contribution >= 0.6 is 49.5 Å². The third kappa shape index (κ3) is 5.43. The molecule has 12 heteroatoms. The van der Waals surface area contributed by atoms with Gasteiger partial charge in [-0.3, -0.25) is 0 Å². The second kappa shape index (κ2) is 9.02. The van der Waals surface area contributed by atoms with Crippen LogP contribution < -0.4 is 4.89 Å². The molecular weight excluding hydrogens is 545 g/mol. The summed E-state index contributed by atoms with van der Waals surface area (Å²) in [5.41, 5.74) is -0.110. The topological polar surface area (TPSA) is 89.4 Å². The van der Waals surface area contributed by atoms with Gasteiger partial charge in [0.25, 0.3) is 0 Å². The standard InChI is InChI=1S/C22H27Cl3O7P2/c1-21(2)13-28-33(26,30-19(21)15-9-5-7-11-17(15)23)32-34(25,27)29-14-22(3,4)20(31-34)16-10-6-8-12-18(16)24/h5-12,19-20,27H,13-14H2,1-4H3/t19-,20-,33?/m0/s1. The Kier molecular flexibility index (Phi) is 7.15. The van der Waals surface area contributed by atoms with Crippen molar-refractivity contribution in [1.29, 1.82) is 0 Å². The summed E-state index contributed by atoms with van der Waals surface area (Å²) < 4.78 is 28.3. The number of phosphoric ester groups is 1. The maximum atomic E-state index is 13.7. The summed E-state index contributed by atoms with van der Waals surface area (Å²) in [5, 5.41) is 0.838. The minimum absolute atomic E-state index is 0.0248. The Morgan fingerprint density at radius 3 is 2.00 bits per heavy atom. The van der Waals surface area contributed by atoms with E-state index < -0.39 is 38.1 Å². The van der Waals surface area contributed by atoms with Crippen molar-refractivity contribution in [3.8, 4) is 0 Å². The number of rotatable bonds is 4. The Hall–Kier alpha value is -0.110. The molecule has 3 atom stereocenters. The summed E-state index contributed by atoms with van der Waals surface area (Å²) in [6.45, 7) is 1.89. The molecule has 1 N–H and O–H groups in total. The Bertz CT molecular complexity index is 1080. The molecular formula is C22H27Cl3O7P2. The second-order valence-corrected chi connectivity index (χ2v) is 16.3. The van der Waals surface area contributed by atoms with E-state index in [2.05, 4.69) is 0 Å². The molecule has 0 spiro atoms. The van der Waals surface area contributed by atoms with Crippen LogP contribution in [0.4, 0.5) is 0 Å². The molecule has 0 aliphatic carbocycles. The SMILES string of the molecule is CC1(C)CO[P+]([O-])(OP2(O)(Cl)OCC(C)(C)[C@H](c3ccccc3Cl)O2)O[C@H]1c1ccccc1Cl. The van der Waals surface area contributed by atoms with Crippen molar-refractivity contribution in [2.75, 3.05) is 13.2 Å². The molecule has 2 heterocycles. The molecule has 2 saturated heterocycles. The summed E-state index contributed by atoms with van der Waals surface area (Å²) >= 11 is 19.3. The zero-order valence-electron chi connectivity index (χ0n) is 19.1. The molecule has 2 aliphatic heterocycles. The number of benzene rings is 2. The fourth-order valence-electron chi connectivity index (χ4n) is 3.90. The van der Waals surface area contributed by atoms with Gasteiger partial charge in [-0.15, -0.1) is 0 Å². The van der Waals surface area contributed by atoms with Gasteiger partial charge in [-0.25, -0.2) is 0 Å². The van der Waals surface area contributed by atoms with Gasteiger partial charge in [-0.2, -0.15) is 0 Å². The average Bonchev–Trinajstić information content (AvgIpc) is 2.74. The summed E-state index contributed by atoms with van der Waals surface area (Å²) in [6, 6.07) is 14.0. The van der Waals surface area contributed by atoms with Gasteiger partial charge in [-0.1, -0.05) is 0 Å². The Labute approximate surface area is 214 Å². The third-order valence-corrected chi connectivity index (χ3v) is 11.5. The van der Waals surface area contributed by atoms with Crippen LogP contribution in [-0.2, 0) is 22.4 Å². The van der Waals surface area contributed by atoms with E-state index in [0.717, 1.165) is 0 Å². The van der Waals surface area contributed by atoms with Gasteiger partial charge < -0.3 is 0 Å². The number of hydrogen-bond acceptors (Lipinski definition) is 7. The summed E-state index contributed by atoms with van der Waals surface area (Å²) in [4.78, 5) is 25.0. The predicted molar refractivity (Wildman–Crippen MR) is 133 cm³/mol. The van der Waals surface area contributed by atoms with Gasteiger partial charge in [0.2, 0.25) is 0 Å². The van der Waals surface area contributed by atoms with E-state index in [1.807, 2.05) is 27.7 Å². The molecule has 34 heavy (non-hydrogen) atoms. The van der Waals surface area contributed by atoms with Gasteiger partial charge in [0.05, 0.1) is 0 Å². The average molecular weight is 572 g/mol. The van der Waals surface area contributed by atoms with Crippen LogP contribution in [-0.4, -0.2) is 18.1 Å². The normalized spacial score (nSPS) is 32.9. The van der Waals surface area contributed by atoms with Crippen molar-refractivity contribution in [2.24, 2.45) is 10.8 Å². The van der Waals surface area contributed by atoms with Crippen LogP contribution in [0.2, 0.25) is 10.0 Å². The van der Waals surface area contributed by atoms with E-state index in [9.17, 15) is 9.79 Å². The first-order valence-corrected chi connectivity index (χ1v) is 15.7. The maximum absolute atomic E-state index is 13.7. The zero-order valence-corrected chi connectivity index (χ0v) is 23.2. The Morgan fingerprint density at radius 1 is 0.941 bits per heavy atom. The van der Waals surface area contributed by atoms with Crippen LogP contribution in [0, 0.1) is 10.8 Å². The Morgan fingerprint density at radius 2 is 1.44 bits per heavy atom. The zero-order chi connectivity index (χ0) is 25.0. The number of phosphoric acid groups is 1. The molecule has 0 bridgehead atoms. The Balaban J connectivity index is 1.65. The molecule has 0 saturated carbocycles. The van der Waals surface area contributed by atoms with Crippen LogP contribution in [0.15, 0.2) is 48.5 Å². The summed E-state index contributed by atoms with van der Waals surface area (Å²) in [7, 11) is -4.47. The molecule has 2 aliphatic rings. The van der Waals surface area contributed by atoms with E-state index in [4.69, 9.17) is 56.8 Å². The number of halogens is 3. The quantitative estimate of drug-likeness (QED) is 0.384.